The molecule has 1 saturated heterocycles. The maximum atomic E-state index is 11.6. The van der Waals surface area contributed by atoms with Gasteiger partial charge in [-0.1, -0.05) is 31.2 Å². The standard InChI is InChI=1S/C17H25BO4/c1-12(15(19)20-6)10-13-8-7-9-14(11-13)18-21-16(2,3)17(4,5)22-18/h7-9,11-12H,10H2,1-6H3. The van der Waals surface area contributed by atoms with Gasteiger partial charge in [-0.15, -0.1) is 0 Å². The van der Waals surface area contributed by atoms with Gasteiger partial charge in [-0.3, -0.25) is 4.79 Å². The van der Waals surface area contributed by atoms with Gasteiger partial charge in [-0.05, 0) is 45.1 Å². The van der Waals surface area contributed by atoms with E-state index in [9.17, 15) is 4.79 Å². The first-order chi connectivity index (χ1) is 10.2. The number of ether oxygens (including phenoxy) is 1. The molecule has 0 aliphatic carbocycles. The fourth-order valence-corrected chi connectivity index (χ4v) is 2.48. The Morgan fingerprint density at radius 3 is 2.36 bits per heavy atom. The van der Waals surface area contributed by atoms with Gasteiger partial charge >= 0.3 is 13.1 Å². The molecule has 5 heteroatoms. The predicted octanol–water partition coefficient (Wildman–Crippen LogP) is 2.34. The van der Waals surface area contributed by atoms with Crippen molar-refractivity contribution in [3.8, 4) is 0 Å². The van der Waals surface area contributed by atoms with Gasteiger partial charge in [0.15, 0.2) is 0 Å². The van der Waals surface area contributed by atoms with Crippen LogP contribution in [0.3, 0.4) is 0 Å². The van der Waals surface area contributed by atoms with Gasteiger partial charge in [-0.25, -0.2) is 0 Å². The Kier molecular flexibility index (Phi) is 4.69. The van der Waals surface area contributed by atoms with E-state index in [1.165, 1.54) is 7.11 Å². The second kappa shape index (κ2) is 6.05. The van der Waals surface area contributed by atoms with E-state index in [0.29, 0.717) is 6.42 Å². The van der Waals surface area contributed by atoms with E-state index >= 15 is 0 Å². The lowest BCUT2D eigenvalue weighted by Gasteiger charge is -2.32. The number of carbonyl (C=O) groups excluding carboxylic acids is 1. The molecule has 2 rings (SSSR count). The van der Waals surface area contributed by atoms with Crippen molar-refractivity contribution in [3.63, 3.8) is 0 Å². The molecule has 0 amide bonds. The molecule has 0 saturated carbocycles. The number of rotatable bonds is 4. The minimum atomic E-state index is -0.376. The highest BCUT2D eigenvalue weighted by Crippen LogP contribution is 2.36. The SMILES string of the molecule is COC(=O)C(C)Cc1cccc(B2OC(C)(C)C(C)(C)O2)c1. The second-order valence-corrected chi connectivity index (χ2v) is 6.96. The molecule has 0 N–H and O–H groups in total. The van der Waals surface area contributed by atoms with Crippen LogP contribution in [0.15, 0.2) is 24.3 Å². The third-order valence-corrected chi connectivity index (χ3v) is 4.62. The highest BCUT2D eigenvalue weighted by atomic mass is 16.7. The van der Waals surface area contributed by atoms with Crippen molar-refractivity contribution in [2.24, 2.45) is 5.92 Å². The van der Waals surface area contributed by atoms with E-state index < -0.39 is 0 Å². The number of esters is 1. The van der Waals surface area contributed by atoms with Crippen LogP contribution < -0.4 is 5.46 Å². The van der Waals surface area contributed by atoms with Crippen LogP contribution in [-0.2, 0) is 25.3 Å². The van der Waals surface area contributed by atoms with Crippen molar-refractivity contribution in [2.75, 3.05) is 7.11 Å². The van der Waals surface area contributed by atoms with Crippen LogP contribution >= 0.6 is 0 Å². The summed E-state index contributed by atoms with van der Waals surface area (Å²) in [6.07, 6.45) is 0.639. The maximum absolute atomic E-state index is 11.6. The third kappa shape index (κ3) is 3.36. The molecule has 0 radical (unpaired) electrons. The average molecular weight is 304 g/mol. The summed E-state index contributed by atoms with van der Waals surface area (Å²) >= 11 is 0. The molecule has 1 unspecified atom stereocenters. The lowest BCUT2D eigenvalue weighted by Crippen LogP contribution is -2.41. The summed E-state index contributed by atoms with van der Waals surface area (Å²) in [4.78, 5) is 11.6. The fourth-order valence-electron chi connectivity index (χ4n) is 2.48. The predicted molar refractivity (Wildman–Crippen MR) is 87.0 cm³/mol. The van der Waals surface area contributed by atoms with E-state index in [1.807, 2.05) is 58.9 Å². The number of benzene rings is 1. The van der Waals surface area contributed by atoms with E-state index in [0.717, 1.165) is 11.0 Å². The van der Waals surface area contributed by atoms with E-state index in [-0.39, 0.29) is 30.2 Å². The molecule has 0 aromatic heterocycles. The van der Waals surface area contributed by atoms with Crippen LogP contribution in [0.5, 0.6) is 0 Å². The van der Waals surface area contributed by atoms with E-state index in [1.54, 1.807) is 0 Å². The summed E-state index contributed by atoms with van der Waals surface area (Å²) in [7, 11) is 1.04. The van der Waals surface area contributed by atoms with Crippen LogP contribution in [0.2, 0.25) is 0 Å². The molecule has 1 fully saturated rings. The molecule has 1 heterocycles. The highest BCUT2D eigenvalue weighted by Gasteiger charge is 2.51. The summed E-state index contributed by atoms with van der Waals surface area (Å²) < 4.78 is 16.9. The Bertz CT molecular complexity index is 537. The van der Waals surface area contributed by atoms with Crippen molar-refractivity contribution >= 4 is 18.6 Å². The van der Waals surface area contributed by atoms with Crippen LogP contribution in [0.1, 0.15) is 40.2 Å². The zero-order chi connectivity index (χ0) is 16.5. The Labute approximate surface area is 133 Å². The monoisotopic (exact) mass is 304 g/mol. The lowest BCUT2D eigenvalue weighted by molar-refractivity contribution is -0.144. The van der Waals surface area contributed by atoms with Gasteiger partial charge < -0.3 is 14.0 Å². The average Bonchev–Trinajstić information content (AvgIpc) is 2.67. The topological polar surface area (TPSA) is 44.8 Å². The van der Waals surface area contributed by atoms with Crippen LogP contribution in [0.25, 0.3) is 0 Å². The first-order valence-corrected chi connectivity index (χ1v) is 7.68. The first kappa shape index (κ1) is 17.0. The Hall–Kier alpha value is -1.33. The molecular weight excluding hydrogens is 279 g/mol. The minimum absolute atomic E-state index is 0.168. The molecule has 1 aliphatic heterocycles. The Morgan fingerprint density at radius 1 is 1.23 bits per heavy atom. The molecule has 1 aliphatic rings. The van der Waals surface area contributed by atoms with Gasteiger partial charge in [0.25, 0.3) is 0 Å². The molecule has 1 aromatic carbocycles. The summed E-state index contributed by atoms with van der Waals surface area (Å²) in [6.45, 7) is 10.0. The van der Waals surface area contributed by atoms with Crippen molar-refractivity contribution in [2.45, 2.75) is 52.2 Å². The number of carbonyl (C=O) groups is 1. The summed E-state index contributed by atoms with van der Waals surface area (Å²) in [5.74, 6) is -0.361. The van der Waals surface area contributed by atoms with Crippen molar-refractivity contribution < 1.29 is 18.8 Å². The van der Waals surface area contributed by atoms with Crippen LogP contribution in [-0.4, -0.2) is 31.4 Å². The van der Waals surface area contributed by atoms with E-state index in [4.69, 9.17) is 14.0 Å². The Morgan fingerprint density at radius 2 is 1.82 bits per heavy atom. The van der Waals surface area contributed by atoms with Gasteiger partial charge in [0.1, 0.15) is 0 Å². The van der Waals surface area contributed by atoms with E-state index in [2.05, 4.69) is 0 Å². The Balaban J connectivity index is 2.15. The zero-order valence-electron chi connectivity index (χ0n) is 14.3. The molecule has 1 aromatic rings. The van der Waals surface area contributed by atoms with Crippen LogP contribution in [0.4, 0.5) is 0 Å². The second-order valence-electron chi connectivity index (χ2n) is 6.96. The number of methoxy groups -OCH3 is 1. The molecule has 22 heavy (non-hydrogen) atoms. The smallest absolute Gasteiger partial charge is 0.469 e. The molecule has 4 nitrogen and oxygen atoms in total. The molecule has 0 spiro atoms. The minimum Gasteiger partial charge on any atom is -0.469 e. The molecule has 120 valence electrons. The largest absolute Gasteiger partial charge is 0.494 e. The summed E-state index contributed by atoms with van der Waals surface area (Å²) in [6, 6.07) is 8.02. The quantitative estimate of drug-likeness (QED) is 0.632. The lowest BCUT2D eigenvalue weighted by atomic mass is 9.78. The van der Waals surface area contributed by atoms with Gasteiger partial charge in [0.2, 0.25) is 0 Å². The zero-order valence-corrected chi connectivity index (χ0v) is 14.3. The summed E-state index contributed by atoms with van der Waals surface area (Å²) in [5, 5.41) is 0. The van der Waals surface area contributed by atoms with Gasteiger partial charge in [-0.2, -0.15) is 0 Å². The maximum Gasteiger partial charge on any atom is 0.494 e. The van der Waals surface area contributed by atoms with Gasteiger partial charge in [0.05, 0.1) is 24.2 Å². The molecule has 1 atom stereocenters. The first-order valence-electron chi connectivity index (χ1n) is 7.68. The number of hydrogen-bond donors (Lipinski definition) is 0. The van der Waals surface area contributed by atoms with Crippen molar-refractivity contribution in [1.82, 2.24) is 0 Å². The highest BCUT2D eigenvalue weighted by molar-refractivity contribution is 6.62. The molecular formula is C17H25BO4. The van der Waals surface area contributed by atoms with Crippen LogP contribution in [0, 0.1) is 5.92 Å². The van der Waals surface area contributed by atoms with Gasteiger partial charge in [0, 0.05) is 0 Å². The normalized spacial score (nSPS) is 20.7. The van der Waals surface area contributed by atoms with Crippen molar-refractivity contribution in [3.05, 3.63) is 29.8 Å². The third-order valence-electron chi connectivity index (χ3n) is 4.62. The van der Waals surface area contributed by atoms with Crippen molar-refractivity contribution in [1.29, 1.82) is 0 Å². The fraction of sp³-hybridized carbons (Fsp3) is 0.588. The number of hydrogen-bond acceptors (Lipinski definition) is 4. The molecule has 0 bridgehead atoms. The summed E-state index contributed by atoms with van der Waals surface area (Å²) in [5.41, 5.74) is 1.35.